The van der Waals surface area contributed by atoms with E-state index in [1.54, 1.807) is 54.7 Å². The van der Waals surface area contributed by atoms with Crippen LogP contribution >= 0.6 is 0 Å². The number of anilines is 1. The number of carbonyl (C=O) groups excluding carboxylic acids is 1. The van der Waals surface area contributed by atoms with Crippen LogP contribution in [-0.4, -0.2) is 51.4 Å². The fourth-order valence-electron chi connectivity index (χ4n) is 2.75. The third-order valence-corrected chi connectivity index (χ3v) is 5.54. The molecule has 8 heteroatoms. The molecule has 0 radical (unpaired) electrons. The number of benzene rings is 2. The van der Waals surface area contributed by atoms with E-state index < -0.39 is 10.0 Å². The highest BCUT2D eigenvalue weighted by Gasteiger charge is 2.21. The molecule has 0 saturated carbocycles. The summed E-state index contributed by atoms with van der Waals surface area (Å²) in [5.74, 6) is -0.337. The highest BCUT2D eigenvalue weighted by Crippen LogP contribution is 2.24. The normalized spacial score (nSPS) is 11.5. The lowest BCUT2D eigenvalue weighted by Gasteiger charge is -2.14. The first-order chi connectivity index (χ1) is 13.4. The Bertz CT molecular complexity index is 1090. The second-order valence-corrected chi connectivity index (χ2v) is 8.19. The number of carbonyl (C=O) groups is 1. The minimum absolute atomic E-state index is 0.0634. The summed E-state index contributed by atoms with van der Waals surface area (Å²) in [5.41, 5.74) is 0.862. The van der Waals surface area contributed by atoms with Crippen molar-refractivity contribution in [1.82, 2.24) is 15.2 Å². The van der Waals surface area contributed by atoms with Crippen molar-refractivity contribution in [3.05, 3.63) is 66.4 Å². The molecule has 146 valence electrons. The number of hydrogen-bond acceptors (Lipinski definition) is 5. The average Bonchev–Trinajstić information content (AvgIpc) is 2.67. The molecule has 0 saturated heterocycles. The van der Waals surface area contributed by atoms with Gasteiger partial charge in [-0.15, -0.1) is 0 Å². The number of aromatic nitrogens is 1. The Morgan fingerprint density at radius 1 is 1.04 bits per heavy atom. The average molecular weight is 398 g/mol. The van der Waals surface area contributed by atoms with Crippen LogP contribution in [0.2, 0.25) is 0 Å². The number of rotatable bonds is 7. The van der Waals surface area contributed by atoms with Crippen LogP contribution in [0.4, 0.5) is 5.69 Å². The molecule has 0 spiro atoms. The van der Waals surface area contributed by atoms with Gasteiger partial charge in [0.25, 0.3) is 15.9 Å². The molecule has 2 N–H and O–H groups in total. The lowest BCUT2D eigenvalue weighted by molar-refractivity contribution is 0.0952. The zero-order valence-corrected chi connectivity index (χ0v) is 16.5. The van der Waals surface area contributed by atoms with Crippen LogP contribution in [0.5, 0.6) is 0 Å². The second-order valence-electron chi connectivity index (χ2n) is 6.54. The molecule has 0 aliphatic carbocycles. The zero-order valence-electron chi connectivity index (χ0n) is 15.7. The number of hydrogen-bond donors (Lipinski definition) is 2. The highest BCUT2D eigenvalue weighted by molar-refractivity contribution is 7.93. The van der Waals surface area contributed by atoms with E-state index in [9.17, 15) is 13.2 Å². The van der Waals surface area contributed by atoms with Crippen LogP contribution in [0, 0.1) is 0 Å². The molecule has 0 fully saturated rings. The molecule has 2 aromatic carbocycles. The van der Waals surface area contributed by atoms with Crippen molar-refractivity contribution in [2.24, 2.45) is 0 Å². The van der Waals surface area contributed by atoms with Gasteiger partial charge in [0.1, 0.15) is 4.90 Å². The Hall–Kier alpha value is -2.97. The van der Waals surface area contributed by atoms with Crippen molar-refractivity contribution in [2.75, 3.05) is 31.9 Å². The lowest BCUT2D eigenvalue weighted by atomic mass is 10.1. The Labute approximate surface area is 164 Å². The van der Waals surface area contributed by atoms with Gasteiger partial charge in [-0.1, -0.05) is 30.3 Å². The monoisotopic (exact) mass is 398 g/mol. The number of amides is 1. The summed E-state index contributed by atoms with van der Waals surface area (Å²) in [6.45, 7) is 1.14. The first-order valence-corrected chi connectivity index (χ1v) is 10.3. The quantitative estimate of drug-likeness (QED) is 0.637. The first kappa shape index (κ1) is 19.8. The molecule has 0 aliphatic heterocycles. The standard InChI is InChI=1S/C20H22N4O3S/c1-24(2)14-13-22-20(25)16-9-3-4-10-17(16)23-28(26,27)18-11-5-7-15-8-6-12-21-19(15)18/h3-12,23H,13-14H2,1-2H3,(H,22,25). The van der Waals surface area contributed by atoms with Gasteiger partial charge in [-0.2, -0.15) is 0 Å². The second kappa shape index (κ2) is 8.37. The number of sulfonamides is 1. The van der Waals surface area contributed by atoms with Crippen LogP contribution < -0.4 is 10.0 Å². The van der Waals surface area contributed by atoms with Crippen LogP contribution in [0.1, 0.15) is 10.4 Å². The summed E-state index contributed by atoms with van der Waals surface area (Å²) in [5, 5.41) is 3.52. The summed E-state index contributed by atoms with van der Waals surface area (Å²) in [6.07, 6.45) is 1.55. The van der Waals surface area contributed by atoms with Gasteiger partial charge in [0.05, 0.1) is 16.8 Å². The van der Waals surface area contributed by atoms with E-state index >= 15 is 0 Å². The number of nitrogens with zero attached hydrogens (tertiary/aromatic N) is 2. The van der Waals surface area contributed by atoms with Crippen molar-refractivity contribution < 1.29 is 13.2 Å². The van der Waals surface area contributed by atoms with E-state index in [-0.39, 0.29) is 22.1 Å². The van der Waals surface area contributed by atoms with E-state index in [0.29, 0.717) is 18.6 Å². The topological polar surface area (TPSA) is 91.4 Å². The number of pyridine rings is 1. The van der Waals surface area contributed by atoms with Gasteiger partial charge in [-0.25, -0.2) is 8.42 Å². The van der Waals surface area contributed by atoms with E-state index in [2.05, 4.69) is 15.0 Å². The molecule has 7 nitrogen and oxygen atoms in total. The van der Waals surface area contributed by atoms with Crippen molar-refractivity contribution in [3.63, 3.8) is 0 Å². The molecule has 0 atom stereocenters. The minimum atomic E-state index is -3.93. The number of para-hydroxylation sites is 2. The van der Waals surface area contributed by atoms with Gasteiger partial charge < -0.3 is 10.2 Å². The number of nitrogens with one attached hydrogen (secondary N) is 2. The SMILES string of the molecule is CN(C)CCNC(=O)c1ccccc1NS(=O)(=O)c1cccc2cccnc12. The smallest absolute Gasteiger partial charge is 0.264 e. The van der Waals surface area contributed by atoms with E-state index in [4.69, 9.17) is 0 Å². The Morgan fingerprint density at radius 3 is 2.57 bits per heavy atom. The van der Waals surface area contributed by atoms with Crippen molar-refractivity contribution in [2.45, 2.75) is 4.90 Å². The van der Waals surface area contributed by atoms with E-state index in [1.165, 1.54) is 6.07 Å². The van der Waals surface area contributed by atoms with Gasteiger partial charge in [0.15, 0.2) is 0 Å². The molecule has 0 unspecified atom stereocenters. The lowest BCUT2D eigenvalue weighted by Crippen LogP contribution is -2.32. The Balaban J connectivity index is 1.90. The summed E-state index contributed by atoms with van der Waals surface area (Å²) >= 11 is 0. The van der Waals surface area contributed by atoms with Crippen LogP contribution in [0.25, 0.3) is 10.9 Å². The summed E-state index contributed by atoms with van der Waals surface area (Å²) < 4.78 is 28.5. The van der Waals surface area contributed by atoms with Crippen LogP contribution in [0.15, 0.2) is 65.7 Å². The van der Waals surface area contributed by atoms with Crippen molar-refractivity contribution in [3.8, 4) is 0 Å². The predicted octanol–water partition coefficient (Wildman–Crippen LogP) is 2.33. The minimum Gasteiger partial charge on any atom is -0.351 e. The predicted molar refractivity (Wildman–Crippen MR) is 110 cm³/mol. The van der Waals surface area contributed by atoms with Crippen LogP contribution in [-0.2, 0) is 10.0 Å². The fraction of sp³-hybridized carbons (Fsp3) is 0.200. The molecule has 0 aliphatic rings. The van der Waals surface area contributed by atoms with Crippen LogP contribution in [0.3, 0.4) is 0 Å². The van der Waals surface area contributed by atoms with E-state index in [0.717, 1.165) is 5.39 Å². The molecule has 1 amide bonds. The maximum Gasteiger partial charge on any atom is 0.264 e. The molecule has 3 aromatic rings. The van der Waals surface area contributed by atoms with Gasteiger partial charge in [-0.05, 0) is 38.4 Å². The highest BCUT2D eigenvalue weighted by atomic mass is 32.2. The largest absolute Gasteiger partial charge is 0.351 e. The zero-order chi connectivity index (χ0) is 20.1. The van der Waals surface area contributed by atoms with Gasteiger partial charge >= 0.3 is 0 Å². The third-order valence-electron chi connectivity index (χ3n) is 4.15. The third kappa shape index (κ3) is 4.47. The van der Waals surface area contributed by atoms with Gasteiger partial charge in [0, 0.05) is 24.7 Å². The summed E-state index contributed by atoms with van der Waals surface area (Å²) in [6, 6.07) is 15.0. The molecule has 1 aromatic heterocycles. The molecule has 0 bridgehead atoms. The summed E-state index contributed by atoms with van der Waals surface area (Å²) in [4.78, 5) is 18.7. The Kier molecular flexibility index (Phi) is 5.91. The maximum atomic E-state index is 13.0. The molecule has 28 heavy (non-hydrogen) atoms. The summed E-state index contributed by atoms with van der Waals surface area (Å²) in [7, 11) is -0.112. The molecular weight excluding hydrogens is 376 g/mol. The first-order valence-electron chi connectivity index (χ1n) is 8.77. The Morgan fingerprint density at radius 2 is 1.79 bits per heavy atom. The molecule has 3 rings (SSSR count). The number of likely N-dealkylation sites (N-methyl/N-ethyl adjacent to an activating group) is 1. The van der Waals surface area contributed by atoms with Crippen molar-refractivity contribution in [1.29, 1.82) is 0 Å². The molecular formula is C20H22N4O3S. The van der Waals surface area contributed by atoms with E-state index in [1.807, 2.05) is 19.0 Å². The fourth-order valence-corrected chi connectivity index (χ4v) is 4.01. The van der Waals surface area contributed by atoms with Gasteiger partial charge in [0.2, 0.25) is 0 Å². The molecule has 1 heterocycles. The van der Waals surface area contributed by atoms with Gasteiger partial charge in [-0.3, -0.25) is 14.5 Å². The maximum absolute atomic E-state index is 13.0. The number of fused-ring (bicyclic) bond motifs is 1. The van der Waals surface area contributed by atoms with Crippen molar-refractivity contribution >= 4 is 32.5 Å².